The fourth-order valence-corrected chi connectivity index (χ4v) is 4.27. The highest BCUT2D eigenvalue weighted by atomic mass is 16.5. The average molecular weight is 491 g/mol. The minimum absolute atomic E-state index is 0.175. The Hall–Kier alpha value is -3.42. The maximum atomic E-state index is 13.2. The average Bonchev–Trinajstić information content (AvgIpc) is 2.89. The number of nitrogens with one attached hydrogen (secondary N) is 1. The van der Waals surface area contributed by atoms with E-state index in [1.54, 1.807) is 18.2 Å². The Morgan fingerprint density at radius 1 is 0.972 bits per heavy atom. The third-order valence-electron chi connectivity index (χ3n) is 6.42. The number of amides is 1. The molecule has 0 aliphatic carbocycles. The lowest BCUT2D eigenvalue weighted by Gasteiger charge is -2.26. The van der Waals surface area contributed by atoms with Gasteiger partial charge in [-0.2, -0.15) is 0 Å². The molecule has 1 fully saturated rings. The van der Waals surface area contributed by atoms with Crippen molar-refractivity contribution in [2.45, 2.75) is 26.2 Å². The van der Waals surface area contributed by atoms with Gasteiger partial charge in [0.15, 0.2) is 0 Å². The van der Waals surface area contributed by atoms with E-state index in [-0.39, 0.29) is 11.0 Å². The second-order valence-corrected chi connectivity index (χ2v) is 9.91. The summed E-state index contributed by atoms with van der Waals surface area (Å²) < 4.78 is 16.9. The molecule has 7 heteroatoms. The van der Waals surface area contributed by atoms with E-state index in [1.807, 2.05) is 36.4 Å². The van der Waals surface area contributed by atoms with E-state index in [4.69, 9.17) is 14.2 Å². The van der Waals surface area contributed by atoms with Crippen LogP contribution in [0.15, 0.2) is 54.6 Å². The van der Waals surface area contributed by atoms with E-state index in [9.17, 15) is 9.59 Å². The molecule has 0 spiro atoms. The molecule has 1 heterocycles. The number of benzene rings is 3. The lowest BCUT2D eigenvalue weighted by molar-refractivity contribution is -0.112. The summed E-state index contributed by atoms with van der Waals surface area (Å²) in [6.07, 6.45) is 0. The molecule has 7 nitrogen and oxygen atoms in total. The SMILES string of the molecule is COc1ccc(C(C)(C)C)cc1C(=O)C(=O)Nc1ccc(OCCN2CCOCC2)c2ccccc12. The standard InChI is InChI=1S/C29H34N2O5/c1-29(2,3)20-9-11-25(34-4)23(19-20)27(32)28(33)30-24-10-12-26(22-8-6-5-7-21(22)24)36-18-15-31-13-16-35-17-14-31/h5-12,19H,13-18H2,1-4H3,(H,30,33). The van der Waals surface area contributed by atoms with Crippen molar-refractivity contribution in [1.29, 1.82) is 0 Å². The molecule has 4 rings (SSSR count). The number of carbonyl (C=O) groups excluding carboxylic acids is 2. The molecule has 0 bridgehead atoms. The molecule has 0 atom stereocenters. The first-order valence-electron chi connectivity index (χ1n) is 12.3. The van der Waals surface area contributed by atoms with Gasteiger partial charge in [-0.1, -0.05) is 51.1 Å². The van der Waals surface area contributed by atoms with Crippen molar-refractivity contribution in [2.75, 3.05) is 51.9 Å². The molecule has 1 saturated heterocycles. The van der Waals surface area contributed by atoms with Crippen molar-refractivity contribution in [3.8, 4) is 11.5 Å². The fraction of sp³-hybridized carbons (Fsp3) is 0.379. The number of methoxy groups -OCH3 is 1. The summed E-state index contributed by atoms with van der Waals surface area (Å²) in [4.78, 5) is 28.5. The first kappa shape index (κ1) is 25.7. The van der Waals surface area contributed by atoms with E-state index >= 15 is 0 Å². The van der Waals surface area contributed by atoms with Gasteiger partial charge in [0.1, 0.15) is 18.1 Å². The maximum Gasteiger partial charge on any atom is 0.296 e. The topological polar surface area (TPSA) is 77.1 Å². The Morgan fingerprint density at radius 2 is 1.67 bits per heavy atom. The number of rotatable bonds is 8. The summed E-state index contributed by atoms with van der Waals surface area (Å²) in [7, 11) is 1.49. The van der Waals surface area contributed by atoms with Gasteiger partial charge >= 0.3 is 0 Å². The van der Waals surface area contributed by atoms with Gasteiger partial charge in [0, 0.05) is 36.1 Å². The van der Waals surface area contributed by atoms with E-state index < -0.39 is 11.7 Å². The molecule has 1 aliphatic rings. The van der Waals surface area contributed by atoms with Crippen LogP contribution in [-0.2, 0) is 14.9 Å². The Labute approximate surface area is 212 Å². The first-order valence-corrected chi connectivity index (χ1v) is 12.3. The zero-order chi connectivity index (χ0) is 25.7. The van der Waals surface area contributed by atoms with Gasteiger partial charge < -0.3 is 19.5 Å². The second-order valence-electron chi connectivity index (χ2n) is 9.91. The molecule has 3 aromatic carbocycles. The quantitative estimate of drug-likeness (QED) is 0.365. The van der Waals surface area contributed by atoms with Crippen LogP contribution < -0.4 is 14.8 Å². The number of nitrogens with zero attached hydrogens (tertiary/aromatic N) is 1. The minimum Gasteiger partial charge on any atom is -0.496 e. The number of ether oxygens (including phenoxy) is 3. The van der Waals surface area contributed by atoms with Crippen LogP contribution in [0.5, 0.6) is 11.5 Å². The number of morpholine rings is 1. The Balaban J connectivity index is 1.52. The van der Waals surface area contributed by atoms with Crippen molar-refractivity contribution in [2.24, 2.45) is 0 Å². The van der Waals surface area contributed by atoms with Gasteiger partial charge in [-0.15, -0.1) is 0 Å². The summed E-state index contributed by atoms with van der Waals surface area (Å²) in [6, 6.07) is 16.7. The van der Waals surface area contributed by atoms with Crippen molar-refractivity contribution >= 4 is 28.2 Å². The summed E-state index contributed by atoms with van der Waals surface area (Å²) >= 11 is 0. The van der Waals surface area contributed by atoms with E-state index in [1.165, 1.54) is 7.11 Å². The number of carbonyl (C=O) groups is 2. The van der Waals surface area contributed by atoms with Crippen LogP contribution in [0.1, 0.15) is 36.7 Å². The zero-order valence-electron chi connectivity index (χ0n) is 21.4. The lowest BCUT2D eigenvalue weighted by Crippen LogP contribution is -2.38. The van der Waals surface area contributed by atoms with Crippen molar-refractivity contribution < 1.29 is 23.8 Å². The van der Waals surface area contributed by atoms with Crippen molar-refractivity contribution in [3.63, 3.8) is 0 Å². The van der Waals surface area contributed by atoms with Gasteiger partial charge in [-0.25, -0.2) is 0 Å². The highest BCUT2D eigenvalue weighted by Gasteiger charge is 2.24. The Morgan fingerprint density at radius 3 is 2.36 bits per heavy atom. The highest BCUT2D eigenvalue weighted by Crippen LogP contribution is 2.32. The molecular weight excluding hydrogens is 456 g/mol. The predicted octanol–water partition coefficient (Wildman–Crippen LogP) is 4.68. The van der Waals surface area contributed by atoms with E-state index in [0.717, 1.165) is 54.9 Å². The number of hydrogen-bond acceptors (Lipinski definition) is 6. The van der Waals surface area contributed by atoms with Gasteiger partial charge in [0.2, 0.25) is 0 Å². The largest absolute Gasteiger partial charge is 0.496 e. The molecule has 0 aromatic heterocycles. The monoisotopic (exact) mass is 490 g/mol. The van der Waals surface area contributed by atoms with Gasteiger partial charge in [-0.3, -0.25) is 14.5 Å². The molecule has 0 unspecified atom stereocenters. The normalized spacial score (nSPS) is 14.4. The molecule has 1 amide bonds. The molecule has 190 valence electrons. The van der Waals surface area contributed by atoms with Crippen molar-refractivity contribution in [1.82, 2.24) is 4.90 Å². The maximum absolute atomic E-state index is 13.2. The van der Waals surface area contributed by atoms with Crippen LogP contribution in [0, 0.1) is 0 Å². The van der Waals surface area contributed by atoms with Crippen LogP contribution in [0.4, 0.5) is 5.69 Å². The van der Waals surface area contributed by atoms with Gasteiger partial charge in [0.25, 0.3) is 11.7 Å². The van der Waals surface area contributed by atoms with Crippen LogP contribution in [0.3, 0.4) is 0 Å². The summed E-state index contributed by atoms with van der Waals surface area (Å²) in [5.74, 6) is -0.252. The highest BCUT2D eigenvalue weighted by molar-refractivity contribution is 6.47. The third-order valence-corrected chi connectivity index (χ3v) is 6.42. The molecular formula is C29H34N2O5. The Kier molecular flexibility index (Phi) is 7.91. The molecule has 36 heavy (non-hydrogen) atoms. The van der Waals surface area contributed by atoms with Crippen LogP contribution in [0.25, 0.3) is 10.8 Å². The molecule has 0 radical (unpaired) electrons. The Bertz CT molecular complexity index is 1240. The number of Topliss-reactive ketones (excluding diaryl/α,β-unsaturated/α-hetero) is 1. The lowest BCUT2D eigenvalue weighted by atomic mass is 9.85. The van der Waals surface area contributed by atoms with E-state index in [0.29, 0.717) is 18.0 Å². The number of hydrogen-bond donors (Lipinski definition) is 1. The summed E-state index contributed by atoms with van der Waals surface area (Å²) in [5, 5.41) is 4.48. The molecule has 0 saturated carbocycles. The van der Waals surface area contributed by atoms with Gasteiger partial charge in [-0.05, 0) is 35.2 Å². The zero-order valence-corrected chi connectivity index (χ0v) is 21.4. The summed E-state index contributed by atoms with van der Waals surface area (Å²) in [6.45, 7) is 10.9. The van der Waals surface area contributed by atoms with Crippen molar-refractivity contribution in [3.05, 3.63) is 65.7 Å². The fourth-order valence-electron chi connectivity index (χ4n) is 4.27. The third kappa shape index (κ3) is 5.86. The van der Waals surface area contributed by atoms with Crippen LogP contribution >= 0.6 is 0 Å². The van der Waals surface area contributed by atoms with Crippen LogP contribution in [-0.4, -0.2) is 63.2 Å². The van der Waals surface area contributed by atoms with Crippen LogP contribution in [0.2, 0.25) is 0 Å². The second kappa shape index (κ2) is 11.1. The van der Waals surface area contributed by atoms with Gasteiger partial charge in [0.05, 0.1) is 25.9 Å². The number of anilines is 1. The molecule has 3 aromatic rings. The number of ketones is 1. The minimum atomic E-state index is -0.717. The molecule has 1 aliphatic heterocycles. The predicted molar refractivity (Wildman–Crippen MR) is 141 cm³/mol. The number of fused-ring (bicyclic) bond motifs is 1. The first-order chi connectivity index (χ1) is 17.3. The van der Waals surface area contributed by atoms with E-state index in [2.05, 4.69) is 31.0 Å². The smallest absolute Gasteiger partial charge is 0.296 e. The molecule has 1 N–H and O–H groups in total. The summed E-state index contributed by atoms with van der Waals surface area (Å²) in [5.41, 5.74) is 1.57.